The van der Waals surface area contributed by atoms with Crippen LogP contribution in [0.5, 0.6) is 0 Å². The SMILES string of the molecule is O=C(N[C@@H]1CCC(C(=O)NCc2ccccc2)N(Cc2ccccc2)C1)c1ccc2[nH]nc(-c3ccncc3)c2c1. The monoisotopic (exact) mass is 544 g/mol. The highest BCUT2D eigenvalue weighted by molar-refractivity contribution is 6.01. The second kappa shape index (κ2) is 12.1. The van der Waals surface area contributed by atoms with Crippen molar-refractivity contribution in [3.05, 3.63) is 120 Å². The zero-order valence-electron chi connectivity index (χ0n) is 22.7. The predicted molar refractivity (Wildman–Crippen MR) is 159 cm³/mol. The van der Waals surface area contributed by atoms with Gasteiger partial charge >= 0.3 is 0 Å². The third-order valence-electron chi connectivity index (χ3n) is 7.64. The van der Waals surface area contributed by atoms with Crippen LogP contribution in [0.15, 0.2) is 103 Å². The van der Waals surface area contributed by atoms with Crippen LogP contribution in [-0.2, 0) is 17.9 Å². The number of H-pyrrole nitrogens is 1. The highest BCUT2D eigenvalue weighted by Gasteiger charge is 2.33. The first-order valence-corrected chi connectivity index (χ1v) is 13.9. The number of carbonyl (C=O) groups is 2. The fourth-order valence-electron chi connectivity index (χ4n) is 5.51. The normalized spacial score (nSPS) is 17.3. The molecule has 3 heterocycles. The van der Waals surface area contributed by atoms with Gasteiger partial charge in [0.1, 0.15) is 5.69 Å². The molecule has 1 aliphatic heterocycles. The number of piperidine rings is 1. The standard InChI is InChI=1S/C33H32N6O2/c40-32(26-11-13-29-28(19-26)31(38-37-29)25-15-17-34-18-16-25)36-27-12-14-30(33(41)35-20-23-7-3-1-4-8-23)39(22-27)21-24-9-5-2-6-10-24/h1-11,13,15-19,27,30H,12,14,20-22H2,(H,35,41)(H,36,40)(H,37,38)/t27-,30?/m1/s1. The second-order valence-corrected chi connectivity index (χ2v) is 10.5. The fraction of sp³-hybridized carbons (Fsp3) is 0.212. The maximum absolute atomic E-state index is 13.4. The number of fused-ring (bicyclic) bond motifs is 1. The molecule has 2 atom stereocenters. The van der Waals surface area contributed by atoms with Gasteiger partial charge in [-0.1, -0.05) is 60.7 Å². The van der Waals surface area contributed by atoms with E-state index >= 15 is 0 Å². The van der Waals surface area contributed by atoms with Crippen LogP contribution in [0.3, 0.4) is 0 Å². The number of rotatable bonds is 8. The van der Waals surface area contributed by atoms with Crippen LogP contribution in [0.1, 0.15) is 34.3 Å². The van der Waals surface area contributed by atoms with Gasteiger partial charge in [-0.2, -0.15) is 5.10 Å². The van der Waals surface area contributed by atoms with Crippen molar-refractivity contribution in [1.82, 2.24) is 30.7 Å². The molecule has 0 radical (unpaired) electrons. The third kappa shape index (κ3) is 6.18. The van der Waals surface area contributed by atoms with E-state index in [4.69, 9.17) is 0 Å². The molecule has 8 nitrogen and oxygen atoms in total. The van der Waals surface area contributed by atoms with Crippen LogP contribution in [-0.4, -0.2) is 50.5 Å². The molecule has 0 spiro atoms. The summed E-state index contributed by atoms with van der Waals surface area (Å²) in [6, 6.07) is 29.1. The first-order valence-electron chi connectivity index (χ1n) is 13.9. The minimum absolute atomic E-state index is 0.0172. The van der Waals surface area contributed by atoms with Gasteiger partial charge in [-0.3, -0.25) is 24.6 Å². The van der Waals surface area contributed by atoms with Crippen molar-refractivity contribution < 1.29 is 9.59 Å². The average Bonchev–Trinajstić information content (AvgIpc) is 3.45. The Balaban J connectivity index is 1.16. The van der Waals surface area contributed by atoms with Crippen molar-refractivity contribution in [3.8, 4) is 11.3 Å². The molecular weight excluding hydrogens is 512 g/mol. The maximum atomic E-state index is 13.4. The molecule has 1 fully saturated rings. The molecule has 1 aliphatic rings. The van der Waals surface area contributed by atoms with E-state index in [2.05, 4.69) is 42.8 Å². The average molecular weight is 545 g/mol. The van der Waals surface area contributed by atoms with Gasteiger partial charge in [0.15, 0.2) is 0 Å². The van der Waals surface area contributed by atoms with E-state index in [0.717, 1.165) is 39.7 Å². The topological polar surface area (TPSA) is 103 Å². The van der Waals surface area contributed by atoms with E-state index in [-0.39, 0.29) is 23.9 Å². The summed E-state index contributed by atoms with van der Waals surface area (Å²) in [6.45, 7) is 1.71. The largest absolute Gasteiger partial charge is 0.351 e. The van der Waals surface area contributed by atoms with Gasteiger partial charge in [-0.05, 0) is 54.3 Å². The molecule has 3 N–H and O–H groups in total. The smallest absolute Gasteiger partial charge is 0.251 e. The number of pyridine rings is 1. The zero-order valence-corrected chi connectivity index (χ0v) is 22.7. The zero-order chi connectivity index (χ0) is 28.0. The number of hydrogen-bond donors (Lipinski definition) is 3. The second-order valence-electron chi connectivity index (χ2n) is 10.5. The summed E-state index contributed by atoms with van der Waals surface area (Å²) in [6.07, 6.45) is 4.83. The maximum Gasteiger partial charge on any atom is 0.251 e. The Morgan fingerprint density at radius 2 is 1.61 bits per heavy atom. The fourth-order valence-corrected chi connectivity index (χ4v) is 5.51. The van der Waals surface area contributed by atoms with Crippen molar-refractivity contribution >= 4 is 22.7 Å². The summed E-state index contributed by atoms with van der Waals surface area (Å²) in [5, 5.41) is 14.7. The molecule has 0 saturated carbocycles. The van der Waals surface area contributed by atoms with E-state index in [1.165, 1.54) is 0 Å². The summed E-state index contributed by atoms with van der Waals surface area (Å²) >= 11 is 0. The van der Waals surface area contributed by atoms with Gasteiger partial charge in [-0.15, -0.1) is 0 Å². The number of likely N-dealkylation sites (tertiary alicyclic amines) is 1. The lowest BCUT2D eigenvalue weighted by Gasteiger charge is -2.39. The lowest BCUT2D eigenvalue weighted by atomic mass is 9.96. The van der Waals surface area contributed by atoms with E-state index < -0.39 is 0 Å². The van der Waals surface area contributed by atoms with Gasteiger partial charge in [0, 0.05) is 54.6 Å². The van der Waals surface area contributed by atoms with E-state index in [0.29, 0.717) is 31.6 Å². The Kier molecular flexibility index (Phi) is 7.82. The van der Waals surface area contributed by atoms with Gasteiger partial charge < -0.3 is 10.6 Å². The molecule has 5 aromatic rings. The third-order valence-corrected chi connectivity index (χ3v) is 7.64. The van der Waals surface area contributed by atoms with Gasteiger partial charge in [0.25, 0.3) is 5.91 Å². The number of aromatic amines is 1. The number of nitrogens with zero attached hydrogens (tertiary/aromatic N) is 3. The lowest BCUT2D eigenvalue weighted by molar-refractivity contribution is -0.128. The Morgan fingerprint density at radius 3 is 2.37 bits per heavy atom. The summed E-state index contributed by atoms with van der Waals surface area (Å²) in [7, 11) is 0. The van der Waals surface area contributed by atoms with E-state index in [1.807, 2.05) is 78.9 Å². The number of nitrogens with one attached hydrogen (secondary N) is 3. The molecule has 1 saturated heterocycles. The molecule has 8 heteroatoms. The molecule has 1 unspecified atom stereocenters. The molecule has 0 bridgehead atoms. The Hall–Kier alpha value is -4.82. The van der Waals surface area contributed by atoms with E-state index in [9.17, 15) is 9.59 Å². The summed E-state index contributed by atoms with van der Waals surface area (Å²) in [5.74, 6) is -0.117. The molecule has 6 rings (SSSR count). The highest BCUT2D eigenvalue weighted by Crippen LogP contribution is 2.27. The number of hydrogen-bond acceptors (Lipinski definition) is 5. The number of carbonyl (C=O) groups excluding carboxylic acids is 2. The molecule has 2 aromatic heterocycles. The van der Waals surface area contributed by atoms with E-state index in [1.54, 1.807) is 12.4 Å². The predicted octanol–water partition coefficient (Wildman–Crippen LogP) is 4.70. The van der Waals surface area contributed by atoms with Crippen LogP contribution in [0.4, 0.5) is 0 Å². The quantitative estimate of drug-likeness (QED) is 0.263. The van der Waals surface area contributed by atoms with Gasteiger partial charge in [0.05, 0.1) is 11.6 Å². The van der Waals surface area contributed by atoms with Crippen molar-refractivity contribution in [1.29, 1.82) is 0 Å². The number of aromatic nitrogens is 3. The van der Waals surface area contributed by atoms with Gasteiger partial charge in [0.2, 0.25) is 5.91 Å². The molecule has 0 aliphatic carbocycles. The highest BCUT2D eigenvalue weighted by atomic mass is 16.2. The molecule has 2 amide bonds. The van der Waals surface area contributed by atoms with Crippen molar-refractivity contribution in [3.63, 3.8) is 0 Å². The van der Waals surface area contributed by atoms with Crippen molar-refractivity contribution in [2.45, 2.75) is 38.0 Å². The number of amides is 2. The first-order chi connectivity index (χ1) is 20.1. The summed E-state index contributed by atoms with van der Waals surface area (Å²) in [5.41, 5.74) is 5.36. The minimum Gasteiger partial charge on any atom is -0.351 e. The van der Waals surface area contributed by atoms with Crippen LogP contribution >= 0.6 is 0 Å². The summed E-state index contributed by atoms with van der Waals surface area (Å²) < 4.78 is 0. The Bertz CT molecular complexity index is 1620. The molecular formula is C33H32N6O2. The number of benzene rings is 3. The van der Waals surface area contributed by atoms with Crippen LogP contribution in [0.25, 0.3) is 22.2 Å². The Labute approximate surface area is 238 Å². The summed E-state index contributed by atoms with van der Waals surface area (Å²) in [4.78, 5) is 33.0. The van der Waals surface area contributed by atoms with Crippen LogP contribution in [0, 0.1) is 0 Å². The lowest BCUT2D eigenvalue weighted by Crippen LogP contribution is -2.56. The molecule has 41 heavy (non-hydrogen) atoms. The van der Waals surface area contributed by atoms with Crippen molar-refractivity contribution in [2.75, 3.05) is 6.54 Å². The molecule has 3 aromatic carbocycles. The molecule has 206 valence electrons. The van der Waals surface area contributed by atoms with Gasteiger partial charge in [-0.25, -0.2) is 0 Å². The van der Waals surface area contributed by atoms with Crippen LogP contribution in [0.2, 0.25) is 0 Å². The Morgan fingerprint density at radius 1 is 0.878 bits per heavy atom. The minimum atomic E-state index is -0.266. The van der Waals surface area contributed by atoms with Crippen molar-refractivity contribution in [2.24, 2.45) is 0 Å². The van der Waals surface area contributed by atoms with Crippen LogP contribution < -0.4 is 10.6 Å². The first kappa shape index (κ1) is 26.4.